The number of rotatable bonds is 3. The Kier molecular flexibility index (Phi) is 6.03. The molecule has 5 nitrogen and oxygen atoms in total. The first-order valence-electron chi connectivity index (χ1n) is 8.43. The molecule has 1 aliphatic heterocycles. The highest BCUT2D eigenvalue weighted by atomic mass is 16.2. The average molecular weight is 295 g/mol. The van der Waals surface area contributed by atoms with Crippen LogP contribution in [-0.2, 0) is 9.59 Å². The number of primary amides is 1. The lowest BCUT2D eigenvalue weighted by molar-refractivity contribution is -0.144. The fourth-order valence-electron chi connectivity index (χ4n) is 3.72. The minimum Gasteiger partial charge on any atom is -0.368 e. The van der Waals surface area contributed by atoms with Crippen LogP contribution in [-0.4, -0.2) is 35.8 Å². The van der Waals surface area contributed by atoms with Crippen molar-refractivity contribution in [2.75, 3.05) is 13.1 Å². The van der Waals surface area contributed by atoms with Gasteiger partial charge in [-0.1, -0.05) is 19.3 Å². The molecule has 120 valence electrons. The third kappa shape index (κ3) is 4.19. The molecule has 0 radical (unpaired) electrons. The number of amides is 2. The van der Waals surface area contributed by atoms with Gasteiger partial charge in [0.2, 0.25) is 11.8 Å². The zero-order chi connectivity index (χ0) is 15.2. The van der Waals surface area contributed by atoms with Crippen molar-refractivity contribution in [2.45, 2.75) is 63.8 Å². The highest BCUT2D eigenvalue weighted by molar-refractivity contribution is 5.87. The molecule has 0 aromatic heterocycles. The summed E-state index contributed by atoms with van der Waals surface area (Å²) in [5.74, 6) is 0.430. The van der Waals surface area contributed by atoms with Gasteiger partial charge in [-0.2, -0.15) is 0 Å². The predicted molar refractivity (Wildman–Crippen MR) is 82.3 cm³/mol. The Bertz CT molecular complexity index is 365. The number of carbonyl (C=O) groups is 2. The number of hydrogen-bond donors (Lipinski definition) is 2. The van der Waals surface area contributed by atoms with E-state index < -0.39 is 6.04 Å². The van der Waals surface area contributed by atoms with Crippen LogP contribution in [0.1, 0.15) is 57.8 Å². The van der Waals surface area contributed by atoms with E-state index in [1.807, 2.05) is 0 Å². The molecule has 2 fully saturated rings. The maximum Gasteiger partial charge on any atom is 0.240 e. The van der Waals surface area contributed by atoms with E-state index in [0.717, 1.165) is 57.8 Å². The molecule has 1 saturated heterocycles. The summed E-state index contributed by atoms with van der Waals surface area (Å²) in [7, 11) is 0. The summed E-state index contributed by atoms with van der Waals surface area (Å²) in [6, 6.07) is -0.398. The lowest BCUT2D eigenvalue weighted by Crippen LogP contribution is -2.51. The Hall–Kier alpha value is -1.10. The van der Waals surface area contributed by atoms with Gasteiger partial charge in [0.15, 0.2) is 0 Å². The molecule has 1 heterocycles. The molecule has 21 heavy (non-hydrogen) atoms. The summed E-state index contributed by atoms with van der Waals surface area (Å²) in [4.78, 5) is 26.3. The van der Waals surface area contributed by atoms with Gasteiger partial charge in [-0.3, -0.25) is 9.59 Å². The zero-order valence-electron chi connectivity index (χ0n) is 12.9. The Morgan fingerprint density at radius 1 is 0.952 bits per heavy atom. The van der Waals surface area contributed by atoms with Gasteiger partial charge in [0, 0.05) is 12.5 Å². The molecular weight excluding hydrogens is 266 g/mol. The lowest BCUT2D eigenvalue weighted by atomic mass is 9.81. The van der Waals surface area contributed by atoms with E-state index in [2.05, 4.69) is 0 Å². The average Bonchev–Trinajstić information content (AvgIpc) is 2.46. The van der Waals surface area contributed by atoms with Crippen LogP contribution in [0, 0.1) is 11.8 Å². The number of nitrogens with zero attached hydrogens (tertiary/aromatic N) is 1. The van der Waals surface area contributed by atoms with Crippen LogP contribution in [0.4, 0.5) is 0 Å². The fourth-order valence-corrected chi connectivity index (χ4v) is 3.72. The summed E-state index contributed by atoms with van der Waals surface area (Å²) >= 11 is 0. The molecule has 2 amide bonds. The molecule has 1 aliphatic carbocycles. The summed E-state index contributed by atoms with van der Waals surface area (Å²) in [6.07, 6.45) is 8.82. The van der Waals surface area contributed by atoms with Crippen LogP contribution in [0.15, 0.2) is 0 Å². The quantitative estimate of drug-likeness (QED) is 0.824. The standard InChI is InChI=1S/C16H29N3O2/c17-11-12-6-8-13(9-7-12)16(21)19-10-4-2-1-3-5-14(19)15(18)20/h12-14H,1-11,17H2,(H2,18,20). The molecule has 2 rings (SSSR count). The number of carbonyl (C=O) groups excluding carboxylic acids is 2. The van der Waals surface area contributed by atoms with Crippen molar-refractivity contribution in [1.82, 2.24) is 4.90 Å². The topological polar surface area (TPSA) is 89.4 Å². The third-order valence-electron chi connectivity index (χ3n) is 5.14. The van der Waals surface area contributed by atoms with Crippen molar-refractivity contribution in [3.8, 4) is 0 Å². The molecule has 0 aromatic carbocycles. The minimum atomic E-state index is -0.398. The van der Waals surface area contributed by atoms with Crippen molar-refractivity contribution < 1.29 is 9.59 Å². The molecule has 1 atom stereocenters. The first kappa shape index (κ1) is 16.3. The van der Waals surface area contributed by atoms with Crippen LogP contribution in [0.25, 0.3) is 0 Å². The largest absolute Gasteiger partial charge is 0.368 e. The molecule has 0 aromatic rings. The monoisotopic (exact) mass is 295 g/mol. The maximum atomic E-state index is 12.8. The van der Waals surface area contributed by atoms with E-state index in [1.54, 1.807) is 4.90 Å². The van der Waals surface area contributed by atoms with Gasteiger partial charge in [-0.05, 0) is 51.0 Å². The molecule has 2 aliphatic rings. The third-order valence-corrected chi connectivity index (χ3v) is 5.14. The van der Waals surface area contributed by atoms with Gasteiger partial charge in [0.25, 0.3) is 0 Å². The van der Waals surface area contributed by atoms with Crippen LogP contribution in [0.5, 0.6) is 0 Å². The van der Waals surface area contributed by atoms with Gasteiger partial charge < -0.3 is 16.4 Å². The van der Waals surface area contributed by atoms with Crippen LogP contribution >= 0.6 is 0 Å². The van der Waals surface area contributed by atoms with Crippen molar-refractivity contribution in [2.24, 2.45) is 23.3 Å². The van der Waals surface area contributed by atoms with E-state index >= 15 is 0 Å². The smallest absolute Gasteiger partial charge is 0.240 e. The minimum absolute atomic E-state index is 0.0640. The highest BCUT2D eigenvalue weighted by Gasteiger charge is 2.34. The van der Waals surface area contributed by atoms with Crippen molar-refractivity contribution in [3.63, 3.8) is 0 Å². The van der Waals surface area contributed by atoms with Crippen LogP contribution in [0.2, 0.25) is 0 Å². The van der Waals surface area contributed by atoms with Crippen molar-refractivity contribution in [3.05, 3.63) is 0 Å². The van der Waals surface area contributed by atoms with Gasteiger partial charge in [0.05, 0.1) is 0 Å². The second kappa shape index (κ2) is 7.78. The Balaban J connectivity index is 2.01. The number of nitrogens with two attached hydrogens (primary N) is 2. The summed E-state index contributed by atoms with van der Waals surface area (Å²) < 4.78 is 0. The molecule has 0 bridgehead atoms. The van der Waals surface area contributed by atoms with Gasteiger partial charge in [0.1, 0.15) is 6.04 Å². The normalized spacial score (nSPS) is 31.3. The SMILES string of the molecule is NCC1CCC(C(=O)N2CCCCCCC2C(N)=O)CC1. The number of hydrogen-bond acceptors (Lipinski definition) is 3. The van der Waals surface area contributed by atoms with E-state index in [4.69, 9.17) is 11.5 Å². The zero-order valence-corrected chi connectivity index (χ0v) is 12.9. The Labute approximate surface area is 127 Å². The van der Waals surface area contributed by atoms with Crippen molar-refractivity contribution >= 4 is 11.8 Å². The molecule has 1 unspecified atom stereocenters. The van der Waals surface area contributed by atoms with E-state index in [0.29, 0.717) is 19.0 Å². The number of likely N-dealkylation sites (tertiary alicyclic amines) is 1. The summed E-state index contributed by atoms with van der Waals surface area (Å²) in [5.41, 5.74) is 11.3. The van der Waals surface area contributed by atoms with E-state index in [9.17, 15) is 9.59 Å². The van der Waals surface area contributed by atoms with Gasteiger partial charge >= 0.3 is 0 Å². The van der Waals surface area contributed by atoms with Gasteiger partial charge in [-0.25, -0.2) is 0 Å². The Morgan fingerprint density at radius 2 is 1.62 bits per heavy atom. The summed E-state index contributed by atoms with van der Waals surface area (Å²) in [5, 5.41) is 0. The first-order valence-corrected chi connectivity index (χ1v) is 8.43. The lowest BCUT2D eigenvalue weighted by Gasteiger charge is -2.36. The highest BCUT2D eigenvalue weighted by Crippen LogP contribution is 2.31. The summed E-state index contributed by atoms with van der Waals surface area (Å²) in [6.45, 7) is 1.40. The predicted octanol–water partition coefficient (Wildman–Crippen LogP) is 1.40. The second-order valence-corrected chi connectivity index (χ2v) is 6.61. The van der Waals surface area contributed by atoms with Crippen molar-refractivity contribution in [1.29, 1.82) is 0 Å². The molecule has 5 heteroatoms. The molecular formula is C16H29N3O2. The molecule has 1 saturated carbocycles. The fraction of sp³-hybridized carbons (Fsp3) is 0.875. The molecule has 0 spiro atoms. The van der Waals surface area contributed by atoms with Crippen LogP contribution < -0.4 is 11.5 Å². The maximum absolute atomic E-state index is 12.8. The van der Waals surface area contributed by atoms with E-state index in [-0.39, 0.29) is 17.7 Å². The molecule has 4 N–H and O–H groups in total. The Morgan fingerprint density at radius 3 is 2.24 bits per heavy atom. The van der Waals surface area contributed by atoms with Crippen LogP contribution in [0.3, 0.4) is 0 Å². The second-order valence-electron chi connectivity index (χ2n) is 6.61. The van der Waals surface area contributed by atoms with Gasteiger partial charge in [-0.15, -0.1) is 0 Å². The first-order chi connectivity index (χ1) is 10.1. The van der Waals surface area contributed by atoms with E-state index in [1.165, 1.54) is 0 Å².